The maximum Gasteiger partial charge on any atom is 0.411 e. The number of likely N-dealkylation sites (tertiary alicyclic amines) is 4. The zero-order chi connectivity index (χ0) is 109. The van der Waals surface area contributed by atoms with Crippen molar-refractivity contribution in [2.24, 2.45) is 98.2 Å². The van der Waals surface area contributed by atoms with Gasteiger partial charge in [0, 0.05) is 148 Å². The molecule has 1 saturated carbocycles. The average molecular weight is 2000 g/mol. The summed E-state index contributed by atoms with van der Waals surface area (Å²) < 4.78 is 38.5. The zero-order valence-electron chi connectivity index (χ0n) is 98.0. The van der Waals surface area contributed by atoms with Crippen molar-refractivity contribution in [3.05, 3.63) is 103 Å². The molecule has 5 amide bonds. The Hall–Kier alpha value is -6.93. The quantitative estimate of drug-likeness (QED) is 0.111. The van der Waals surface area contributed by atoms with Crippen molar-refractivity contribution in [1.29, 1.82) is 0 Å². The van der Waals surface area contributed by atoms with Crippen LogP contribution in [0.4, 0.5) is 9.59 Å². The van der Waals surface area contributed by atoms with E-state index in [2.05, 4.69) is 275 Å². The van der Waals surface area contributed by atoms with Gasteiger partial charge in [0.1, 0.15) is 18.1 Å². The van der Waals surface area contributed by atoms with Gasteiger partial charge in [0.25, 0.3) is 10.0 Å². The number of imidazole rings is 1. The lowest BCUT2D eigenvalue weighted by molar-refractivity contribution is -0.131. The van der Waals surface area contributed by atoms with Crippen LogP contribution < -0.4 is 16.0 Å². The molecule has 3 N–H and O–H groups in total. The van der Waals surface area contributed by atoms with E-state index >= 15 is 0 Å². The number of rotatable bonds is 12. The Bertz CT molecular complexity index is 4030. The average Bonchev–Trinajstić information content (AvgIpc) is 1.64. The highest BCUT2D eigenvalue weighted by Gasteiger charge is 2.41. The number of aryl methyl sites for hydroxylation is 1. The molecule has 814 valence electrons. The highest BCUT2D eigenvalue weighted by Crippen LogP contribution is 2.40. The van der Waals surface area contributed by atoms with Gasteiger partial charge in [-0.3, -0.25) is 34.2 Å². The summed E-state index contributed by atoms with van der Waals surface area (Å²) >= 11 is 0. The Morgan fingerprint density at radius 1 is 0.475 bits per heavy atom. The van der Waals surface area contributed by atoms with Gasteiger partial charge in [0.05, 0.1) is 6.33 Å². The highest BCUT2D eigenvalue weighted by atomic mass is 32.2. The van der Waals surface area contributed by atoms with Crippen LogP contribution in [0.15, 0.2) is 91.0 Å². The smallest absolute Gasteiger partial charge is 0.411 e. The fourth-order valence-corrected chi connectivity index (χ4v) is 18.0. The van der Waals surface area contributed by atoms with Crippen molar-refractivity contribution in [2.75, 3.05) is 112 Å². The van der Waals surface area contributed by atoms with Crippen LogP contribution >= 0.6 is 0 Å². The van der Waals surface area contributed by atoms with Crippen LogP contribution in [-0.2, 0) is 45.7 Å². The molecule has 25 heteroatoms. The fourth-order valence-electron chi connectivity index (χ4n) is 16.5. The molecule has 7 unspecified atom stereocenters. The maximum atomic E-state index is 12.4. The molecule has 24 nitrogen and oxygen atoms in total. The second-order valence-electron chi connectivity index (χ2n) is 51.8. The Morgan fingerprint density at radius 2 is 0.915 bits per heavy atom. The third-order valence-electron chi connectivity index (χ3n) is 26.1. The number of carbonyl (C=O) groups excluding carboxylic acids is 6. The molecule has 11 heterocycles. The lowest BCUT2D eigenvalue weighted by Gasteiger charge is -2.28. The number of hydrogen-bond acceptors (Lipinski definition) is 17. The first kappa shape index (κ1) is 134. The Labute approximate surface area is 864 Å². The molecule has 4 aromatic rings. The first-order valence-corrected chi connectivity index (χ1v) is 55.0. The van der Waals surface area contributed by atoms with Crippen molar-refractivity contribution in [2.45, 2.75) is 394 Å². The van der Waals surface area contributed by atoms with E-state index in [1.807, 2.05) is 116 Å². The molecule has 0 spiro atoms. The normalized spacial score (nSPS) is 20.0. The second-order valence-corrected chi connectivity index (χ2v) is 53.7. The van der Waals surface area contributed by atoms with Crippen molar-refractivity contribution >= 4 is 45.7 Å². The van der Waals surface area contributed by atoms with Crippen LogP contribution in [0.3, 0.4) is 0 Å². The molecule has 7 aliphatic heterocycles. The summed E-state index contributed by atoms with van der Waals surface area (Å²) in [5.41, 5.74) is 5.83. The molecule has 8 aliphatic rings. The lowest BCUT2D eigenvalue weighted by Crippen LogP contribution is -2.36. The minimum Gasteiger partial charge on any atom is -0.444 e. The minimum atomic E-state index is -3.41. The molecule has 1 aliphatic carbocycles. The third-order valence-corrected chi connectivity index (χ3v) is 27.8. The van der Waals surface area contributed by atoms with E-state index in [9.17, 15) is 37.2 Å². The Balaban J connectivity index is 0.00000153. The molecule has 7 saturated heterocycles. The number of ketones is 1. The Kier molecular flexibility index (Phi) is 61.7. The molecule has 0 aromatic carbocycles. The highest BCUT2D eigenvalue weighted by molar-refractivity contribution is 7.89. The van der Waals surface area contributed by atoms with Gasteiger partial charge < -0.3 is 54.4 Å². The summed E-state index contributed by atoms with van der Waals surface area (Å²) in [6, 6.07) is 14.6. The van der Waals surface area contributed by atoms with E-state index in [0.29, 0.717) is 125 Å². The number of sulfonamides is 1. The molecule has 0 radical (unpaired) electrons. The number of amides is 5. The molecule has 8 fully saturated rings. The molecular weight excluding hydrogens is 1780 g/mol. The standard InChI is InChI=1S/C13H25NO2.C13H25NO.C12H21N3O2S.C12H24N2O2.C10H19NO.C8H15NO.C8H17N.3C8H11N.C7H13NO.C5H12.C4H10/c1-12(2,3)10-7-8-14(9-10)11(15)16-13(4,5)6;1-10(2)8-12(15)14-7-6-11(9-14)13(3,4)5;1-12(2,3)10-5-6-15(7-10)18(16,17)11-8-14(4)9-13-11;1-12(2,3)10-6-7-14(8-10)11(15)16-9-13(4)5;1-8(12)11-6-5-9(7-11)10(2,3)4;1-7(10)9-8-5-3-2-4-6-8;1-8(2,3)7-4-5-9-6-7;1-7(2)8-3-5-9-6-4-8;1-7(2)8-4-3-5-9-6-8;1-7(2)8-5-3-4-6-9-8;1-6(9)4-7-2-3-8-5-7;1-5(2,3)4;1-4(2)3/h10H,7-9H2,1-6H3;10-11H,6-9H2,1-5H3;8-10H,5-7H2,1-4H3;10H,6-9H2,1-5H3;9H,5-7H2,1-4H3;8H,2-6H2,1H3,(H,9,10);7,9H,4-6H2,1-3H3;3*3-7H,1-2H3;7-8H,2-5H2,1H3;1-4H3;4H,1-3H3. The molecular formula is C116H214N14O10S. The van der Waals surface area contributed by atoms with Crippen molar-refractivity contribution < 1.29 is 46.7 Å². The van der Waals surface area contributed by atoms with Gasteiger partial charge in [-0.1, -0.05) is 260 Å². The third kappa shape index (κ3) is 62.6. The summed E-state index contributed by atoms with van der Waals surface area (Å²) in [5.74, 6) is 8.55. The van der Waals surface area contributed by atoms with E-state index in [-0.39, 0.29) is 45.3 Å². The number of Topliss-reactive ketones (excluding diaryl/α,β-unsaturated/α-hetero) is 1. The lowest BCUT2D eigenvalue weighted by atomic mass is 9.80. The van der Waals surface area contributed by atoms with Crippen LogP contribution in [-0.4, -0.2) is 222 Å². The van der Waals surface area contributed by atoms with E-state index < -0.39 is 15.6 Å². The molecule has 141 heavy (non-hydrogen) atoms. The summed E-state index contributed by atoms with van der Waals surface area (Å²) in [6.45, 7) is 96.8. The topological polar surface area (TPSA) is 267 Å². The number of hydrogen-bond donors (Lipinski definition) is 3. The SMILES string of the molecule is CC(=O)CC1CCNC1.CC(=O)N1CCC(C(C)(C)C)C1.CC(=O)NC1CCCCC1.CC(C)(C)C.CC(C)(C)C1CCNC1.CC(C)(C)OC(=O)N1CCC(C(C)(C)C)C1.CC(C)C.CC(C)CC(=O)N1CCC(C(C)(C)C)C1.CC(C)c1ccccn1.CC(C)c1cccnc1.CC(C)c1ccncc1.CN(C)COC(=O)N1CCC(C(C)(C)C)C1.Cn1cnc(S(=O)(=O)N2CCC(C(C)(C)C)C2)c1. The summed E-state index contributed by atoms with van der Waals surface area (Å²) in [7, 11) is 2.13. The number of aromatic nitrogens is 5. The molecule has 4 aromatic heterocycles. The van der Waals surface area contributed by atoms with Crippen LogP contribution in [0.5, 0.6) is 0 Å². The van der Waals surface area contributed by atoms with E-state index in [1.54, 1.807) is 49.1 Å². The van der Waals surface area contributed by atoms with Gasteiger partial charge in [-0.2, -0.15) is 4.31 Å². The summed E-state index contributed by atoms with van der Waals surface area (Å²) in [4.78, 5) is 93.2. The maximum absolute atomic E-state index is 12.4. The molecule has 0 bridgehead atoms. The van der Waals surface area contributed by atoms with Gasteiger partial charge >= 0.3 is 12.2 Å². The van der Waals surface area contributed by atoms with Gasteiger partial charge in [-0.25, -0.2) is 23.0 Å². The summed E-state index contributed by atoms with van der Waals surface area (Å²) in [5, 5.41) is 9.70. The van der Waals surface area contributed by atoms with Gasteiger partial charge in [0.15, 0.2) is 5.03 Å². The number of nitrogens with one attached hydrogen (secondary N) is 3. The van der Waals surface area contributed by atoms with Gasteiger partial charge in [-0.15, -0.1) is 0 Å². The zero-order valence-corrected chi connectivity index (χ0v) is 98.8. The number of carbonyl (C=O) groups is 6. The van der Waals surface area contributed by atoms with E-state index in [0.717, 1.165) is 109 Å². The monoisotopic (exact) mass is 2000 g/mol. The fraction of sp³-hybridized carbons (Fsp3) is 0.793. The van der Waals surface area contributed by atoms with Crippen molar-refractivity contribution in [3.63, 3.8) is 0 Å². The molecule has 12 rings (SSSR count). The predicted molar refractivity (Wildman–Crippen MR) is 590 cm³/mol. The first-order chi connectivity index (χ1) is 64.6. The predicted octanol–water partition coefficient (Wildman–Crippen LogP) is 25.6. The first-order valence-electron chi connectivity index (χ1n) is 53.6. The van der Waals surface area contributed by atoms with E-state index in [1.165, 1.54) is 88.3 Å². The second kappa shape index (κ2) is 64.9. The van der Waals surface area contributed by atoms with Crippen LogP contribution in [0, 0.1) is 91.2 Å². The number of pyridine rings is 3. The largest absolute Gasteiger partial charge is 0.444 e. The van der Waals surface area contributed by atoms with Crippen LogP contribution in [0.2, 0.25) is 0 Å². The van der Waals surface area contributed by atoms with E-state index in [4.69, 9.17) is 9.47 Å². The van der Waals surface area contributed by atoms with Gasteiger partial charge in [0.2, 0.25) is 17.7 Å². The van der Waals surface area contributed by atoms with Crippen molar-refractivity contribution in [3.8, 4) is 0 Å². The van der Waals surface area contributed by atoms with Gasteiger partial charge in [-0.05, 0) is 276 Å². The van der Waals surface area contributed by atoms with Crippen molar-refractivity contribution in [1.82, 2.24) is 69.3 Å². The van der Waals surface area contributed by atoms with Crippen LogP contribution in [0.25, 0.3) is 0 Å². The Morgan fingerprint density at radius 3 is 1.23 bits per heavy atom. The number of nitrogens with zero attached hydrogens (tertiary/aromatic N) is 11. The minimum absolute atomic E-state index is 0.118. The summed E-state index contributed by atoms with van der Waals surface area (Å²) in [6.07, 6.45) is 27.6. The van der Waals surface area contributed by atoms with Crippen LogP contribution in [0.1, 0.15) is 394 Å². The molecule has 7 atom stereocenters. The number of ether oxygens (including phenoxy) is 2.